The molecule has 2 nitrogen and oxygen atoms in total. The van der Waals surface area contributed by atoms with Gasteiger partial charge in [-0.15, -0.1) is 0 Å². The molecule has 1 unspecified atom stereocenters. The van der Waals surface area contributed by atoms with Crippen LogP contribution in [-0.2, 0) is 4.74 Å². The number of nitrogens with one attached hydrogen (secondary N) is 1. The molecule has 1 aliphatic rings. The number of rotatable bonds is 3. The van der Waals surface area contributed by atoms with E-state index >= 15 is 0 Å². The van der Waals surface area contributed by atoms with Gasteiger partial charge in [0.25, 0.3) is 0 Å². The number of methoxy groups -OCH3 is 1. The van der Waals surface area contributed by atoms with E-state index in [2.05, 4.69) is 17.5 Å². The summed E-state index contributed by atoms with van der Waals surface area (Å²) in [5.74, 6) is 0. The number of hydrogen-bond donors (Lipinski definition) is 1. The summed E-state index contributed by atoms with van der Waals surface area (Å²) < 4.78 is 4.91. The van der Waals surface area contributed by atoms with Crippen LogP contribution in [0.4, 0.5) is 0 Å². The fraction of sp³-hybridized carbons (Fsp3) is 0.750. The Morgan fingerprint density at radius 2 is 2.50 bits per heavy atom. The van der Waals surface area contributed by atoms with Gasteiger partial charge in [-0.1, -0.05) is 12.2 Å². The first kappa shape index (κ1) is 7.76. The van der Waals surface area contributed by atoms with E-state index in [1.54, 1.807) is 7.11 Å². The van der Waals surface area contributed by atoms with E-state index in [0.29, 0.717) is 12.8 Å². The van der Waals surface area contributed by atoms with Crippen molar-refractivity contribution in [3.8, 4) is 0 Å². The van der Waals surface area contributed by atoms with Crippen molar-refractivity contribution in [2.45, 2.75) is 25.3 Å². The minimum atomic E-state index is 0.643. The van der Waals surface area contributed by atoms with Crippen LogP contribution in [0.25, 0.3) is 0 Å². The summed E-state index contributed by atoms with van der Waals surface area (Å²) in [5.41, 5.74) is 0. The Hall–Kier alpha value is -0.340. The Balaban J connectivity index is 2.10. The lowest BCUT2D eigenvalue weighted by atomic mass is 10.0. The van der Waals surface area contributed by atoms with Gasteiger partial charge >= 0.3 is 0 Å². The summed E-state index contributed by atoms with van der Waals surface area (Å²) in [6, 6.07) is 0.643. The third-order valence-corrected chi connectivity index (χ3v) is 1.79. The van der Waals surface area contributed by atoms with E-state index in [-0.39, 0.29) is 0 Å². The van der Waals surface area contributed by atoms with E-state index < -0.39 is 0 Å². The van der Waals surface area contributed by atoms with E-state index in [4.69, 9.17) is 4.74 Å². The predicted octanol–water partition coefficient (Wildman–Crippen LogP) is 1.29. The second-order valence-corrected chi connectivity index (χ2v) is 2.62. The highest BCUT2D eigenvalue weighted by Crippen LogP contribution is 2.09. The Morgan fingerprint density at radius 1 is 1.60 bits per heavy atom. The van der Waals surface area contributed by atoms with Crippen molar-refractivity contribution in [1.82, 2.24) is 5.32 Å². The van der Waals surface area contributed by atoms with Crippen LogP contribution in [0.2, 0.25) is 0 Å². The average molecular weight is 141 g/mol. The van der Waals surface area contributed by atoms with Crippen molar-refractivity contribution in [3.63, 3.8) is 0 Å². The highest BCUT2D eigenvalue weighted by molar-refractivity contribution is 4.92. The van der Waals surface area contributed by atoms with Gasteiger partial charge < -0.3 is 4.74 Å². The molecule has 0 aromatic rings. The molecule has 1 atom stereocenters. The Kier molecular flexibility index (Phi) is 3.47. The molecule has 0 radical (unpaired) electrons. The molecule has 1 aliphatic carbocycles. The summed E-state index contributed by atoms with van der Waals surface area (Å²) in [4.78, 5) is 0. The van der Waals surface area contributed by atoms with Gasteiger partial charge in [0.2, 0.25) is 0 Å². The van der Waals surface area contributed by atoms with Gasteiger partial charge in [0.05, 0.1) is 6.73 Å². The second kappa shape index (κ2) is 4.47. The molecule has 1 N–H and O–H groups in total. The fourth-order valence-corrected chi connectivity index (χ4v) is 1.18. The summed E-state index contributed by atoms with van der Waals surface area (Å²) in [6.45, 7) is 0.679. The van der Waals surface area contributed by atoms with Crippen molar-refractivity contribution in [2.24, 2.45) is 0 Å². The third kappa shape index (κ3) is 2.50. The zero-order valence-electron chi connectivity index (χ0n) is 6.47. The van der Waals surface area contributed by atoms with Gasteiger partial charge in [-0.05, 0) is 19.3 Å². The quantitative estimate of drug-likeness (QED) is 0.472. The lowest BCUT2D eigenvalue weighted by Crippen LogP contribution is -2.31. The molecule has 0 spiro atoms. The first-order valence-electron chi connectivity index (χ1n) is 3.81. The molecular formula is C8H15NO. The zero-order chi connectivity index (χ0) is 7.23. The molecule has 0 fully saturated rings. The highest BCUT2D eigenvalue weighted by Gasteiger charge is 2.06. The largest absolute Gasteiger partial charge is 0.370 e. The van der Waals surface area contributed by atoms with Crippen LogP contribution in [0.15, 0.2) is 12.2 Å². The minimum absolute atomic E-state index is 0.643. The van der Waals surface area contributed by atoms with Gasteiger partial charge in [-0.2, -0.15) is 0 Å². The number of hydrogen-bond acceptors (Lipinski definition) is 2. The maximum atomic E-state index is 4.91. The standard InChI is InChI=1S/C8H15NO/c1-10-7-9-8-5-3-2-4-6-8/h2-3,8-9H,4-7H2,1H3. The van der Waals surface area contributed by atoms with Gasteiger partial charge in [0.1, 0.15) is 0 Å². The van der Waals surface area contributed by atoms with Crippen molar-refractivity contribution in [2.75, 3.05) is 13.8 Å². The van der Waals surface area contributed by atoms with Crippen LogP contribution in [0.1, 0.15) is 19.3 Å². The van der Waals surface area contributed by atoms with Crippen LogP contribution in [0.3, 0.4) is 0 Å². The first-order valence-corrected chi connectivity index (χ1v) is 3.81. The van der Waals surface area contributed by atoms with Crippen LogP contribution < -0.4 is 5.32 Å². The van der Waals surface area contributed by atoms with E-state index in [9.17, 15) is 0 Å². The maximum absolute atomic E-state index is 4.91. The van der Waals surface area contributed by atoms with Crippen LogP contribution in [0.5, 0.6) is 0 Å². The lowest BCUT2D eigenvalue weighted by Gasteiger charge is -2.18. The van der Waals surface area contributed by atoms with Crippen molar-refractivity contribution in [1.29, 1.82) is 0 Å². The summed E-state index contributed by atoms with van der Waals surface area (Å²) in [6.07, 6.45) is 8.09. The highest BCUT2D eigenvalue weighted by atomic mass is 16.5. The zero-order valence-corrected chi connectivity index (χ0v) is 6.47. The van der Waals surface area contributed by atoms with Crippen molar-refractivity contribution >= 4 is 0 Å². The topological polar surface area (TPSA) is 21.3 Å². The smallest absolute Gasteiger partial charge is 0.0963 e. The number of allylic oxidation sites excluding steroid dienone is 1. The molecule has 0 heterocycles. The van der Waals surface area contributed by atoms with Crippen LogP contribution in [0, 0.1) is 0 Å². The maximum Gasteiger partial charge on any atom is 0.0963 e. The molecule has 58 valence electrons. The third-order valence-electron chi connectivity index (χ3n) is 1.79. The first-order chi connectivity index (χ1) is 4.93. The second-order valence-electron chi connectivity index (χ2n) is 2.62. The molecule has 2 heteroatoms. The normalized spacial score (nSPS) is 25.1. The van der Waals surface area contributed by atoms with Gasteiger partial charge in [0, 0.05) is 13.2 Å². The monoisotopic (exact) mass is 141 g/mol. The van der Waals surface area contributed by atoms with E-state index in [1.807, 2.05) is 0 Å². The Bertz CT molecular complexity index is 112. The number of ether oxygens (including phenoxy) is 1. The van der Waals surface area contributed by atoms with E-state index in [0.717, 1.165) is 6.42 Å². The molecule has 1 rings (SSSR count). The van der Waals surface area contributed by atoms with Crippen LogP contribution >= 0.6 is 0 Å². The van der Waals surface area contributed by atoms with E-state index in [1.165, 1.54) is 12.8 Å². The summed E-state index contributed by atoms with van der Waals surface area (Å²) in [5, 5.41) is 3.30. The molecule has 10 heavy (non-hydrogen) atoms. The van der Waals surface area contributed by atoms with Crippen molar-refractivity contribution < 1.29 is 4.74 Å². The fourth-order valence-electron chi connectivity index (χ4n) is 1.18. The lowest BCUT2D eigenvalue weighted by molar-refractivity contribution is 0.161. The molecule has 0 amide bonds. The van der Waals surface area contributed by atoms with Gasteiger partial charge in [-0.3, -0.25) is 5.32 Å². The predicted molar refractivity (Wildman–Crippen MR) is 41.8 cm³/mol. The Labute approximate surface area is 62.3 Å². The van der Waals surface area contributed by atoms with Gasteiger partial charge in [0.15, 0.2) is 0 Å². The van der Waals surface area contributed by atoms with Crippen molar-refractivity contribution in [3.05, 3.63) is 12.2 Å². The Morgan fingerprint density at radius 3 is 3.10 bits per heavy atom. The molecule has 0 bridgehead atoms. The molecule has 0 saturated carbocycles. The molecular weight excluding hydrogens is 126 g/mol. The average Bonchev–Trinajstić information content (AvgIpc) is 2.03. The summed E-state index contributed by atoms with van der Waals surface area (Å²) in [7, 11) is 1.71. The molecule has 0 aromatic heterocycles. The molecule has 0 aliphatic heterocycles. The van der Waals surface area contributed by atoms with Gasteiger partial charge in [-0.25, -0.2) is 0 Å². The molecule has 0 aromatic carbocycles. The summed E-state index contributed by atoms with van der Waals surface area (Å²) >= 11 is 0. The van der Waals surface area contributed by atoms with Crippen LogP contribution in [-0.4, -0.2) is 19.9 Å². The minimum Gasteiger partial charge on any atom is -0.370 e. The molecule has 0 saturated heterocycles. The SMILES string of the molecule is COCNC1CC=CCC1.